The summed E-state index contributed by atoms with van der Waals surface area (Å²) >= 11 is 0. The van der Waals surface area contributed by atoms with Gasteiger partial charge in [0.15, 0.2) is 0 Å². The normalized spacial score (nSPS) is 11.5. The van der Waals surface area contributed by atoms with Gasteiger partial charge in [-0.2, -0.15) is 0 Å². The van der Waals surface area contributed by atoms with E-state index in [0.717, 1.165) is 0 Å². The molecule has 0 N–H and O–H groups in total. The van der Waals surface area contributed by atoms with Gasteiger partial charge in [0.1, 0.15) is 0 Å². The van der Waals surface area contributed by atoms with Crippen LogP contribution in [0.5, 0.6) is 0 Å². The maximum Gasteiger partial charge on any atom is 0.242 e. The van der Waals surface area contributed by atoms with E-state index in [9.17, 15) is 0 Å². The van der Waals surface area contributed by atoms with Gasteiger partial charge in [-0.05, 0) is 105 Å². The van der Waals surface area contributed by atoms with Crippen molar-refractivity contribution < 1.29 is 0 Å². The highest BCUT2D eigenvalue weighted by atomic mass is 14.1. The predicted octanol–water partition coefficient (Wildman–Crippen LogP) is 10.8. The third-order valence-electron chi connectivity index (χ3n) is 12.5. The second kappa shape index (κ2) is 17.8. The molecule has 7 rings (SSSR count). The fourth-order valence-corrected chi connectivity index (χ4v) is 10.2. The number of hydrogen-bond donors (Lipinski definition) is 0. The Hall–Kier alpha value is -5.85. The summed E-state index contributed by atoms with van der Waals surface area (Å²) in [6.45, 7) is 27.3. The molecule has 0 nitrogen and oxygen atoms in total. The minimum atomic E-state index is 0.180. The van der Waals surface area contributed by atoms with E-state index in [-0.39, 0.29) is 13.4 Å². The number of hydrogen-bond acceptors (Lipinski definition) is 0. The van der Waals surface area contributed by atoms with Crippen LogP contribution in [-0.2, 0) is 0 Å². The zero-order valence-corrected chi connectivity index (χ0v) is 38.0. The molecule has 0 bridgehead atoms. The van der Waals surface area contributed by atoms with Crippen molar-refractivity contribution in [2.24, 2.45) is 0 Å². The van der Waals surface area contributed by atoms with Crippen molar-refractivity contribution in [3.05, 3.63) is 210 Å². The topological polar surface area (TPSA) is 0 Å². The molecule has 0 spiro atoms. The Labute approximate surface area is 362 Å². The van der Waals surface area contributed by atoms with Crippen LogP contribution in [-0.4, -0.2) is 13.4 Å². The van der Waals surface area contributed by atoms with Gasteiger partial charge in [0, 0.05) is 0 Å². The SMILES string of the molecule is Cc1cc(C)c(B(c2ccc(/C=C/c3ccc(/C=C/c4ccc(B(c5c(C)cc(C)cc5C)c5c(C)cc(C)cc5C)cc4)cc3)cc2)c2c(C)cc(C)cc2C)c(C)c1. The lowest BCUT2D eigenvalue weighted by molar-refractivity contribution is 1.34. The van der Waals surface area contributed by atoms with Crippen molar-refractivity contribution in [1.29, 1.82) is 0 Å². The Bertz CT molecular complexity index is 2340. The molecule has 0 aliphatic heterocycles. The molecular formula is C58H60B2. The minimum absolute atomic E-state index is 0.180. The van der Waals surface area contributed by atoms with E-state index in [0.29, 0.717) is 0 Å². The van der Waals surface area contributed by atoms with Crippen LogP contribution in [0.1, 0.15) is 89.0 Å². The second-order valence-electron chi connectivity index (χ2n) is 17.8. The van der Waals surface area contributed by atoms with Gasteiger partial charge in [-0.15, -0.1) is 0 Å². The molecule has 0 aliphatic carbocycles. The van der Waals surface area contributed by atoms with E-state index in [1.807, 2.05) is 0 Å². The highest BCUT2D eigenvalue weighted by molar-refractivity contribution is 6.97. The Morgan fingerprint density at radius 3 is 0.600 bits per heavy atom. The molecular weight excluding hydrogens is 718 g/mol. The predicted molar refractivity (Wildman–Crippen MR) is 269 cm³/mol. The summed E-state index contributed by atoms with van der Waals surface area (Å²) < 4.78 is 0. The van der Waals surface area contributed by atoms with Gasteiger partial charge < -0.3 is 0 Å². The van der Waals surface area contributed by atoms with Gasteiger partial charge in [-0.1, -0.05) is 245 Å². The van der Waals surface area contributed by atoms with Crippen LogP contribution >= 0.6 is 0 Å². The third-order valence-corrected chi connectivity index (χ3v) is 12.5. The van der Waals surface area contributed by atoms with Gasteiger partial charge in [0.2, 0.25) is 13.4 Å². The highest BCUT2D eigenvalue weighted by Crippen LogP contribution is 2.17. The van der Waals surface area contributed by atoms with Gasteiger partial charge in [0.05, 0.1) is 0 Å². The molecule has 0 saturated carbocycles. The Morgan fingerprint density at radius 2 is 0.417 bits per heavy atom. The first-order valence-corrected chi connectivity index (χ1v) is 21.6. The van der Waals surface area contributed by atoms with Gasteiger partial charge in [-0.3, -0.25) is 0 Å². The average Bonchev–Trinajstić information content (AvgIpc) is 3.17. The Balaban J connectivity index is 1.09. The van der Waals surface area contributed by atoms with Gasteiger partial charge >= 0.3 is 0 Å². The van der Waals surface area contributed by atoms with Crippen LogP contribution in [0, 0.1) is 83.1 Å². The second-order valence-corrected chi connectivity index (χ2v) is 17.8. The summed E-state index contributed by atoms with van der Waals surface area (Å²) in [5.74, 6) is 0. The fraction of sp³-hybridized carbons (Fsp3) is 0.207. The van der Waals surface area contributed by atoms with Crippen molar-refractivity contribution in [2.75, 3.05) is 0 Å². The molecule has 0 amide bonds. The maximum absolute atomic E-state index is 2.33. The smallest absolute Gasteiger partial charge is 0.0686 e. The molecule has 7 aromatic rings. The summed E-state index contributed by atoms with van der Waals surface area (Å²) in [6.07, 6.45) is 8.88. The summed E-state index contributed by atoms with van der Waals surface area (Å²) in [5, 5.41) is 0. The quantitative estimate of drug-likeness (QED) is 0.0958. The van der Waals surface area contributed by atoms with E-state index >= 15 is 0 Å². The largest absolute Gasteiger partial charge is 0.242 e. The van der Waals surface area contributed by atoms with Crippen molar-refractivity contribution in [3.8, 4) is 0 Å². The lowest BCUT2D eigenvalue weighted by Gasteiger charge is -2.24. The molecule has 0 heterocycles. The molecule has 7 aromatic carbocycles. The third kappa shape index (κ3) is 9.14. The number of rotatable bonds is 10. The monoisotopic (exact) mass is 778 g/mol. The summed E-state index contributed by atoms with van der Waals surface area (Å²) in [7, 11) is 0. The molecule has 0 fully saturated rings. The number of benzene rings is 7. The molecule has 2 heteroatoms. The summed E-state index contributed by atoms with van der Waals surface area (Å²) in [4.78, 5) is 0. The first-order chi connectivity index (χ1) is 28.7. The van der Waals surface area contributed by atoms with Crippen molar-refractivity contribution in [3.63, 3.8) is 0 Å². The fourth-order valence-electron chi connectivity index (χ4n) is 10.2. The lowest BCUT2D eigenvalue weighted by atomic mass is 9.34. The van der Waals surface area contributed by atoms with E-state index in [2.05, 4.69) is 229 Å². The number of aryl methyl sites for hydroxylation is 12. The van der Waals surface area contributed by atoms with Gasteiger partial charge in [0.25, 0.3) is 0 Å². The molecule has 0 saturated heterocycles. The Kier molecular flexibility index (Phi) is 12.5. The summed E-state index contributed by atoms with van der Waals surface area (Å²) in [6, 6.07) is 45.9. The van der Waals surface area contributed by atoms with Crippen LogP contribution < -0.4 is 32.8 Å². The molecule has 298 valence electrons. The Morgan fingerprint density at radius 1 is 0.250 bits per heavy atom. The van der Waals surface area contributed by atoms with E-state index in [1.165, 1.54) is 122 Å². The first-order valence-electron chi connectivity index (χ1n) is 21.6. The highest BCUT2D eigenvalue weighted by Gasteiger charge is 2.29. The molecule has 0 aromatic heterocycles. The zero-order chi connectivity index (χ0) is 42.8. The maximum atomic E-state index is 2.33. The average molecular weight is 779 g/mol. The van der Waals surface area contributed by atoms with Crippen LogP contribution in [0.15, 0.2) is 121 Å². The first kappa shape index (κ1) is 42.3. The molecule has 0 radical (unpaired) electrons. The molecule has 0 aliphatic rings. The van der Waals surface area contributed by atoms with E-state index in [4.69, 9.17) is 0 Å². The van der Waals surface area contributed by atoms with Crippen molar-refractivity contribution >= 4 is 70.5 Å². The van der Waals surface area contributed by atoms with Crippen LogP contribution in [0.4, 0.5) is 0 Å². The van der Waals surface area contributed by atoms with Crippen LogP contribution in [0.25, 0.3) is 24.3 Å². The van der Waals surface area contributed by atoms with Crippen LogP contribution in [0.3, 0.4) is 0 Å². The zero-order valence-electron chi connectivity index (χ0n) is 38.0. The molecule has 0 atom stereocenters. The summed E-state index contributed by atoms with van der Waals surface area (Å²) in [5.41, 5.74) is 29.2. The minimum Gasteiger partial charge on any atom is -0.0686 e. The van der Waals surface area contributed by atoms with E-state index in [1.54, 1.807) is 0 Å². The standard InChI is InChI=1S/C58H60B2/c1-37-29-41(5)55(42(6)30-37)59(56-43(7)31-38(2)32-44(56)8)53-25-21-51(22-26-53)19-17-49-13-15-50(16-14-49)18-20-52-23-27-54(28-24-52)60(57-45(9)33-39(3)34-46(57)10)58-47(11)35-40(4)36-48(58)12/h13-36H,1-12H3/b19-17+,20-18+. The lowest BCUT2D eigenvalue weighted by Crippen LogP contribution is -2.55. The van der Waals surface area contributed by atoms with Gasteiger partial charge in [-0.25, -0.2) is 0 Å². The van der Waals surface area contributed by atoms with E-state index < -0.39 is 0 Å². The van der Waals surface area contributed by atoms with Crippen molar-refractivity contribution in [1.82, 2.24) is 0 Å². The molecule has 0 unspecified atom stereocenters. The van der Waals surface area contributed by atoms with Crippen LogP contribution in [0.2, 0.25) is 0 Å². The molecule has 60 heavy (non-hydrogen) atoms. The van der Waals surface area contributed by atoms with Crippen molar-refractivity contribution in [2.45, 2.75) is 83.1 Å².